The first-order valence-corrected chi connectivity index (χ1v) is 5.12. The normalized spacial score (nSPS) is 24.4. The van der Waals surface area contributed by atoms with E-state index in [-0.39, 0.29) is 0 Å². The van der Waals surface area contributed by atoms with E-state index in [9.17, 15) is 21.0 Å². The number of ether oxygens (including phenoxy) is 2. The average molecular weight is 244 g/mol. The zero-order chi connectivity index (χ0) is 14.2. The Morgan fingerprint density at radius 2 is 1.06 bits per heavy atom. The van der Waals surface area contributed by atoms with Gasteiger partial charge in [0.05, 0.1) is 29.7 Å². The van der Waals surface area contributed by atoms with E-state index in [1.807, 2.05) is 0 Å². The van der Waals surface area contributed by atoms with Gasteiger partial charge in [0.2, 0.25) is 11.2 Å². The van der Waals surface area contributed by atoms with Crippen LogP contribution in [0.4, 0.5) is 0 Å². The van der Waals surface area contributed by atoms with Gasteiger partial charge in [-0.2, -0.15) is 21.0 Å². The summed E-state index contributed by atoms with van der Waals surface area (Å²) in [6.45, 7) is 3.14. The standard InChI is InChI=1S/C12H12N4O2/c1-9(2)10(5-13,6-14)11(7-15,8-16)12(9,17-3)18-4/h1-4H3. The lowest BCUT2D eigenvalue weighted by molar-refractivity contribution is -0.403. The lowest BCUT2D eigenvalue weighted by atomic mass is 9.35. The summed E-state index contributed by atoms with van der Waals surface area (Å²) in [5.74, 6) is -1.62. The van der Waals surface area contributed by atoms with E-state index in [1.165, 1.54) is 14.2 Å². The number of hydrogen-bond acceptors (Lipinski definition) is 6. The van der Waals surface area contributed by atoms with Crippen LogP contribution in [0, 0.1) is 61.6 Å². The van der Waals surface area contributed by atoms with Gasteiger partial charge in [-0.05, 0) is 0 Å². The second-order valence-corrected chi connectivity index (χ2v) is 4.60. The molecule has 1 fully saturated rings. The molecular weight excluding hydrogens is 232 g/mol. The van der Waals surface area contributed by atoms with Crippen molar-refractivity contribution in [3.63, 3.8) is 0 Å². The molecule has 0 aliphatic heterocycles. The zero-order valence-corrected chi connectivity index (χ0v) is 10.6. The van der Waals surface area contributed by atoms with Crippen LogP contribution in [0.15, 0.2) is 0 Å². The summed E-state index contributed by atoms with van der Waals surface area (Å²) in [6, 6.07) is 7.11. The van der Waals surface area contributed by atoms with Gasteiger partial charge in [0.25, 0.3) is 0 Å². The van der Waals surface area contributed by atoms with Crippen molar-refractivity contribution in [2.24, 2.45) is 16.2 Å². The predicted molar refractivity (Wildman–Crippen MR) is 57.8 cm³/mol. The topological polar surface area (TPSA) is 114 Å². The van der Waals surface area contributed by atoms with E-state index in [4.69, 9.17) is 9.47 Å². The summed E-state index contributed by atoms with van der Waals surface area (Å²) in [4.78, 5) is 0. The first-order chi connectivity index (χ1) is 8.36. The Hall–Kier alpha value is -2.12. The molecule has 92 valence electrons. The van der Waals surface area contributed by atoms with Crippen LogP contribution in [-0.2, 0) is 9.47 Å². The summed E-state index contributed by atoms with van der Waals surface area (Å²) < 4.78 is 10.5. The van der Waals surface area contributed by atoms with Gasteiger partial charge >= 0.3 is 0 Å². The third-order valence-electron chi connectivity index (χ3n) is 4.06. The molecule has 0 radical (unpaired) electrons. The Balaban J connectivity index is 3.76. The first kappa shape index (κ1) is 13.9. The van der Waals surface area contributed by atoms with Crippen molar-refractivity contribution in [3.8, 4) is 24.3 Å². The van der Waals surface area contributed by atoms with Crippen LogP contribution in [0.3, 0.4) is 0 Å². The molecule has 1 aliphatic carbocycles. The van der Waals surface area contributed by atoms with Gasteiger partial charge < -0.3 is 9.47 Å². The summed E-state index contributed by atoms with van der Waals surface area (Å²) in [7, 11) is 2.57. The highest BCUT2D eigenvalue weighted by atomic mass is 16.7. The van der Waals surface area contributed by atoms with Crippen LogP contribution in [0.5, 0.6) is 0 Å². The fourth-order valence-corrected chi connectivity index (χ4v) is 3.08. The molecule has 1 rings (SSSR count). The third-order valence-corrected chi connectivity index (χ3v) is 4.06. The number of hydrogen-bond donors (Lipinski definition) is 0. The van der Waals surface area contributed by atoms with Gasteiger partial charge in [0.1, 0.15) is 0 Å². The van der Waals surface area contributed by atoms with E-state index in [1.54, 1.807) is 38.1 Å². The Morgan fingerprint density at radius 3 is 1.28 bits per heavy atom. The molecule has 0 heterocycles. The molecule has 1 saturated carbocycles. The Kier molecular flexibility index (Phi) is 2.86. The smallest absolute Gasteiger partial charge is 0.229 e. The number of methoxy groups -OCH3 is 2. The van der Waals surface area contributed by atoms with Crippen molar-refractivity contribution in [2.75, 3.05) is 14.2 Å². The lowest BCUT2D eigenvalue weighted by Gasteiger charge is -2.66. The van der Waals surface area contributed by atoms with Crippen molar-refractivity contribution in [1.29, 1.82) is 21.0 Å². The molecule has 6 heteroatoms. The van der Waals surface area contributed by atoms with Crippen LogP contribution in [0.1, 0.15) is 13.8 Å². The first-order valence-electron chi connectivity index (χ1n) is 5.12. The SMILES string of the molecule is COC1(OC)C(C)(C)C(C#N)(C#N)C1(C#N)C#N. The van der Waals surface area contributed by atoms with Gasteiger partial charge in [-0.1, -0.05) is 13.8 Å². The van der Waals surface area contributed by atoms with Crippen molar-refractivity contribution in [3.05, 3.63) is 0 Å². The van der Waals surface area contributed by atoms with Gasteiger partial charge in [0, 0.05) is 14.2 Å². The van der Waals surface area contributed by atoms with Crippen molar-refractivity contribution < 1.29 is 9.47 Å². The second-order valence-electron chi connectivity index (χ2n) is 4.60. The van der Waals surface area contributed by atoms with Crippen LogP contribution >= 0.6 is 0 Å². The third kappa shape index (κ3) is 0.856. The highest BCUT2D eigenvalue weighted by Gasteiger charge is 2.90. The highest BCUT2D eigenvalue weighted by Crippen LogP contribution is 2.74. The molecule has 0 aromatic heterocycles. The minimum absolute atomic E-state index is 1.13. The van der Waals surface area contributed by atoms with Crippen LogP contribution < -0.4 is 0 Å². The van der Waals surface area contributed by atoms with E-state index < -0.39 is 22.0 Å². The Bertz CT molecular complexity index is 506. The van der Waals surface area contributed by atoms with E-state index in [2.05, 4.69) is 0 Å². The van der Waals surface area contributed by atoms with Gasteiger partial charge in [-0.25, -0.2) is 0 Å². The highest BCUT2D eigenvalue weighted by molar-refractivity contribution is 5.51. The summed E-state index contributed by atoms with van der Waals surface area (Å²) in [5, 5.41) is 37.3. The molecule has 0 unspecified atom stereocenters. The molecule has 0 aromatic rings. The fourth-order valence-electron chi connectivity index (χ4n) is 3.08. The minimum atomic E-state index is -1.99. The van der Waals surface area contributed by atoms with Gasteiger partial charge in [-0.3, -0.25) is 0 Å². The molecule has 0 N–H and O–H groups in total. The Labute approximate surface area is 106 Å². The maximum absolute atomic E-state index is 9.33. The quantitative estimate of drug-likeness (QED) is 0.671. The van der Waals surface area contributed by atoms with E-state index in [0.29, 0.717) is 0 Å². The van der Waals surface area contributed by atoms with Crippen molar-refractivity contribution >= 4 is 0 Å². The maximum atomic E-state index is 9.33. The molecule has 6 nitrogen and oxygen atoms in total. The monoisotopic (exact) mass is 244 g/mol. The molecule has 0 saturated heterocycles. The largest absolute Gasteiger partial charge is 0.350 e. The predicted octanol–water partition coefficient (Wildman–Crippen LogP) is 1.08. The maximum Gasteiger partial charge on any atom is 0.229 e. The molecule has 0 bridgehead atoms. The van der Waals surface area contributed by atoms with Crippen LogP contribution in [0.25, 0.3) is 0 Å². The van der Waals surface area contributed by atoms with E-state index >= 15 is 0 Å². The second kappa shape index (κ2) is 3.69. The summed E-state index contributed by atoms with van der Waals surface area (Å²) >= 11 is 0. The molecule has 0 aromatic carbocycles. The molecule has 18 heavy (non-hydrogen) atoms. The summed E-state index contributed by atoms with van der Waals surface area (Å²) in [6.07, 6.45) is 0. The molecule has 0 atom stereocenters. The van der Waals surface area contributed by atoms with Crippen molar-refractivity contribution in [1.82, 2.24) is 0 Å². The van der Waals surface area contributed by atoms with Gasteiger partial charge in [-0.15, -0.1) is 0 Å². The van der Waals surface area contributed by atoms with Gasteiger partial charge in [0.15, 0.2) is 5.41 Å². The minimum Gasteiger partial charge on any atom is -0.350 e. The zero-order valence-electron chi connectivity index (χ0n) is 10.6. The molecular formula is C12H12N4O2. The summed E-state index contributed by atoms with van der Waals surface area (Å²) in [5.41, 5.74) is -4.93. The number of rotatable bonds is 2. The van der Waals surface area contributed by atoms with E-state index in [0.717, 1.165) is 0 Å². The van der Waals surface area contributed by atoms with Crippen molar-refractivity contribution in [2.45, 2.75) is 19.6 Å². The Morgan fingerprint density at radius 1 is 0.722 bits per heavy atom. The fraction of sp³-hybridized carbons (Fsp3) is 0.667. The number of nitriles is 4. The molecule has 0 amide bonds. The molecule has 0 spiro atoms. The van der Waals surface area contributed by atoms with Crippen LogP contribution in [0.2, 0.25) is 0 Å². The van der Waals surface area contributed by atoms with Crippen LogP contribution in [-0.4, -0.2) is 20.0 Å². The number of nitrogens with zero attached hydrogens (tertiary/aromatic N) is 4. The lowest BCUT2D eigenvalue weighted by Crippen LogP contribution is -2.81. The average Bonchev–Trinajstić information content (AvgIpc) is 2.38. The molecule has 1 aliphatic rings.